The van der Waals surface area contributed by atoms with Gasteiger partial charge in [-0.05, 0) is 56.7 Å². The van der Waals surface area contributed by atoms with Crippen LogP contribution >= 0.6 is 0 Å². The van der Waals surface area contributed by atoms with Gasteiger partial charge < -0.3 is 20.5 Å². The van der Waals surface area contributed by atoms with Crippen LogP contribution in [0.25, 0.3) is 0 Å². The van der Waals surface area contributed by atoms with Crippen molar-refractivity contribution in [3.63, 3.8) is 0 Å². The third kappa shape index (κ3) is 5.47. The third-order valence-corrected chi connectivity index (χ3v) is 3.94. The van der Waals surface area contributed by atoms with Gasteiger partial charge in [-0.25, -0.2) is 14.8 Å². The maximum atomic E-state index is 12.1. The fourth-order valence-corrected chi connectivity index (χ4v) is 2.58. The molecule has 0 spiro atoms. The van der Waals surface area contributed by atoms with Gasteiger partial charge >= 0.3 is 6.09 Å². The minimum absolute atomic E-state index is 0.427. The van der Waals surface area contributed by atoms with Crippen molar-refractivity contribution in [1.82, 2.24) is 14.5 Å². The number of rotatable bonds is 5. The molecule has 0 aliphatic heterocycles. The van der Waals surface area contributed by atoms with Crippen LogP contribution in [0.5, 0.6) is 5.75 Å². The van der Waals surface area contributed by atoms with Crippen molar-refractivity contribution in [2.75, 3.05) is 18.2 Å². The van der Waals surface area contributed by atoms with Crippen LogP contribution in [0.3, 0.4) is 0 Å². The molecular weight excluding hydrogens is 370 g/mol. The molecule has 3 aromatic rings. The number of hydrogen-bond acceptors (Lipinski definition) is 7. The van der Waals surface area contributed by atoms with E-state index >= 15 is 0 Å². The molecule has 0 saturated heterocycles. The van der Waals surface area contributed by atoms with Gasteiger partial charge in [0.2, 0.25) is 0 Å². The lowest BCUT2D eigenvalue weighted by molar-refractivity contribution is 0.0537. The van der Waals surface area contributed by atoms with Crippen LogP contribution in [0.1, 0.15) is 32.2 Å². The van der Waals surface area contributed by atoms with Crippen molar-refractivity contribution in [2.45, 2.75) is 32.8 Å². The van der Waals surface area contributed by atoms with Crippen molar-refractivity contribution < 1.29 is 14.3 Å². The summed E-state index contributed by atoms with van der Waals surface area (Å²) in [5, 5.41) is 3.19. The zero-order valence-electron chi connectivity index (χ0n) is 17.0. The Kier molecular flexibility index (Phi) is 5.72. The Morgan fingerprint density at radius 1 is 1.21 bits per heavy atom. The quantitative estimate of drug-likeness (QED) is 0.673. The molecule has 0 aliphatic rings. The first-order valence-corrected chi connectivity index (χ1v) is 9.16. The van der Waals surface area contributed by atoms with Gasteiger partial charge in [0.25, 0.3) is 0 Å². The Labute approximate surface area is 169 Å². The van der Waals surface area contributed by atoms with Crippen LogP contribution in [0.4, 0.5) is 22.0 Å². The van der Waals surface area contributed by atoms with E-state index in [2.05, 4.69) is 15.3 Å². The summed E-state index contributed by atoms with van der Waals surface area (Å²) in [5.41, 5.74) is 7.62. The number of nitrogen functional groups attached to an aromatic ring is 1. The Bertz CT molecular complexity index is 990. The number of nitrogens with zero attached hydrogens (tertiary/aromatic N) is 3. The predicted octanol–water partition coefficient (Wildman–Crippen LogP) is 3.99. The number of hydrogen-bond donors (Lipinski definition) is 2. The molecule has 0 unspecified atom stereocenters. The smallest absolute Gasteiger partial charge is 0.418 e. The molecule has 0 atom stereocenters. The van der Waals surface area contributed by atoms with Crippen molar-refractivity contribution in [3.8, 4) is 5.75 Å². The van der Waals surface area contributed by atoms with Crippen molar-refractivity contribution >= 4 is 23.3 Å². The number of nitrogens with one attached hydrogen (secondary N) is 1. The van der Waals surface area contributed by atoms with Crippen molar-refractivity contribution in [2.24, 2.45) is 0 Å². The first kappa shape index (κ1) is 20.2. The van der Waals surface area contributed by atoms with Gasteiger partial charge in [0.05, 0.1) is 19.0 Å². The molecule has 29 heavy (non-hydrogen) atoms. The number of aromatic nitrogens is 3. The largest absolute Gasteiger partial charge is 0.497 e. The molecule has 0 saturated carbocycles. The highest BCUT2D eigenvalue weighted by Gasteiger charge is 2.18. The molecular formula is C21H25N5O3. The summed E-state index contributed by atoms with van der Waals surface area (Å²) in [6.45, 7) is 5.48. The van der Waals surface area contributed by atoms with E-state index in [9.17, 15) is 4.79 Å². The highest BCUT2D eigenvalue weighted by molar-refractivity contribution is 5.71. The second-order valence-electron chi connectivity index (χ2n) is 7.53. The Morgan fingerprint density at radius 2 is 1.93 bits per heavy atom. The molecule has 8 nitrogen and oxygen atoms in total. The van der Waals surface area contributed by atoms with Crippen LogP contribution in [-0.2, 0) is 11.2 Å². The summed E-state index contributed by atoms with van der Waals surface area (Å²) in [7, 11) is 1.62. The first-order valence-electron chi connectivity index (χ1n) is 9.16. The van der Waals surface area contributed by atoms with Crippen molar-refractivity contribution in [1.29, 1.82) is 0 Å². The van der Waals surface area contributed by atoms with E-state index < -0.39 is 11.7 Å². The topological polar surface area (TPSA) is 104 Å². The molecule has 2 heterocycles. The van der Waals surface area contributed by atoms with Gasteiger partial charge in [-0.3, -0.25) is 4.57 Å². The molecule has 0 amide bonds. The average Bonchev–Trinajstić information content (AvgIpc) is 3.12. The second kappa shape index (κ2) is 8.22. The maximum absolute atomic E-state index is 12.1. The van der Waals surface area contributed by atoms with Gasteiger partial charge in [0.15, 0.2) is 5.82 Å². The van der Waals surface area contributed by atoms with Gasteiger partial charge in [0, 0.05) is 24.5 Å². The van der Waals surface area contributed by atoms with E-state index in [0.29, 0.717) is 23.8 Å². The number of methoxy groups -OCH3 is 1. The molecule has 0 fully saturated rings. The van der Waals surface area contributed by atoms with E-state index in [4.69, 9.17) is 15.2 Å². The zero-order valence-corrected chi connectivity index (χ0v) is 17.0. The van der Waals surface area contributed by atoms with E-state index in [-0.39, 0.29) is 0 Å². The van der Waals surface area contributed by atoms with Crippen LogP contribution in [0, 0.1) is 0 Å². The van der Waals surface area contributed by atoms with Crippen LogP contribution in [-0.4, -0.2) is 33.3 Å². The molecule has 8 heteroatoms. The zero-order chi connectivity index (χ0) is 21.0. The van der Waals surface area contributed by atoms with E-state index in [1.54, 1.807) is 25.7 Å². The lowest BCUT2D eigenvalue weighted by atomic mass is 10.2. The summed E-state index contributed by atoms with van der Waals surface area (Å²) in [5.74, 6) is 1.87. The average molecular weight is 395 g/mol. The number of carbonyl (C=O) groups excluding carboxylic acids is 1. The molecule has 1 aromatic carbocycles. The van der Waals surface area contributed by atoms with E-state index in [0.717, 1.165) is 17.0 Å². The minimum Gasteiger partial charge on any atom is -0.497 e. The van der Waals surface area contributed by atoms with E-state index in [1.807, 2.05) is 51.1 Å². The van der Waals surface area contributed by atoms with Crippen LogP contribution in [0.15, 0.2) is 48.9 Å². The van der Waals surface area contributed by atoms with Gasteiger partial charge in [-0.2, -0.15) is 0 Å². The Hall–Kier alpha value is -3.55. The van der Waals surface area contributed by atoms with Crippen LogP contribution in [0.2, 0.25) is 0 Å². The monoisotopic (exact) mass is 395 g/mol. The summed E-state index contributed by atoms with van der Waals surface area (Å²) in [6.07, 6.45) is 4.97. The lowest BCUT2D eigenvalue weighted by Gasteiger charge is -2.19. The molecule has 2 aromatic heterocycles. The number of carbonyl (C=O) groups is 1. The predicted molar refractivity (Wildman–Crippen MR) is 112 cm³/mol. The van der Waals surface area contributed by atoms with Gasteiger partial charge in [-0.1, -0.05) is 0 Å². The Balaban J connectivity index is 1.72. The summed E-state index contributed by atoms with van der Waals surface area (Å²) < 4.78 is 11.9. The standard InChI is InChI=1S/C21H25N5O3/c1-21(2,3)29-20(27)26-10-9-14(13-26)11-18-23-12-17(22)19(25-18)24-15-5-7-16(28-4)8-6-15/h5-10,12-13H,11,22H2,1-4H3,(H,23,24,25). The lowest BCUT2D eigenvalue weighted by Crippen LogP contribution is -2.26. The number of nitrogens with two attached hydrogens (primary N) is 1. The maximum Gasteiger partial charge on any atom is 0.418 e. The minimum atomic E-state index is -0.552. The fourth-order valence-electron chi connectivity index (χ4n) is 2.58. The second-order valence-corrected chi connectivity index (χ2v) is 7.53. The first-order chi connectivity index (χ1) is 13.7. The van der Waals surface area contributed by atoms with Crippen molar-refractivity contribution in [3.05, 3.63) is 60.3 Å². The number of benzene rings is 1. The SMILES string of the molecule is COc1ccc(Nc2nc(Cc3ccn(C(=O)OC(C)(C)C)c3)ncc2N)cc1. The Morgan fingerprint density at radius 3 is 2.59 bits per heavy atom. The number of anilines is 3. The van der Waals surface area contributed by atoms with Crippen LogP contribution < -0.4 is 15.8 Å². The molecule has 3 N–H and O–H groups in total. The van der Waals surface area contributed by atoms with Gasteiger partial charge in [-0.15, -0.1) is 0 Å². The fraction of sp³-hybridized carbons (Fsp3) is 0.286. The molecule has 0 bridgehead atoms. The van der Waals surface area contributed by atoms with E-state index in [1.165, 1.54) is 4.57 Å². The summed E-state index contributed by atoms with van der Waals surface area (Å²) in [4.78, 5) is 21.0. The molecule has 0 aliphatic carbocycles. The van der Waals surface area contributed by atoms with Gasteiger partial charge in [0.1, 0.15) is 17.2 Å². The molecule has 3 rings (SSSR count). The number of ether oxygens (including phenoxy) is 2. The third-order valence-electron chi connectivity index (χ3n) is 3.94. The summed E-state index contributed by atoms with van der Waals surface area (Å²) >= 11 is 0. The molecule has 0 radical (unpaired) electrons. The molecule has 152 valence electrons. The highest BCUT2D eigenvalue weighted by atomic mass is 16.6. The highest BCUT2D eigenvalue weighted by Crippen LogP contribution is 2.23. The summed E-state index contributed by atoms with van der Waals surface area (Å²) in [6, 6.07) is 9.28. The normalized spacial score (nSPS) is 11.2.